The van der Waals surface area contributed by atoms with E-state index in [9.17, 15) is 14.7 Å². The van der Waals surface area contributed by atoms with Crippen LogP contribution in [-0.4, -0.2) is 47.1 Å². The summed E-state index contributed by atoms with van der Waals surface area (Å²) in [5.74, 6) is 0.693. The van der Waals surface area contributed by atoms with Crippen LogP contribution < -0.4 is 5.32 Å². The number of aliphatic hydroxyl groups excluding tert-OH is 1. The molecule has 0 bridgehead atoms. The average molecular weight is 280 g/mol. The SMILES string of the molecule is O=C(NC[C@@H]1CC(=O)N(C2CC2)C1)C1CCC(O)CC1. The van der Waals surface area contributed by atoms with Gasteiger partial charge in [0.15, 0.2) is 0 Å². The van der Waals surface area contributed by atoms with E-state index in [4.69, 9.17) is 0 Å². The Morgan fingerprint density at radius 2 is 1.90 bits per heavy atom. The maximum absolute atomic E-state index is 12.1. The van der Waals surface area contributed by atoms with Gasteiger partial charge in [0, 0.05) is 37.4 Å². The Balaban J connectivity index is 1.41. The third kappa shape index (κ3) is 3.14. The van der Waals surface area contributed by atoms with Crippen molar-refractivity contribution in [1.29, 1.82) is 0 Å². The second-order valence-corrected chi connectivity index (χ2v) is 6.60. The smallest absolute Gasteiger partial charge is 0.223 e. The zero-order valence-corrected chi connectivity index (χ0v) is 11.9. The van der Waals surface area contributed by atoms with Crippen LogP contribution in [0.15, 0.2) is 0 Å². The number of hydrogen-bond acceptors (Lipinski definition) is 3. The second-order valence-electron chi connectivity index (χ2n) is 6.60. The Labute approximate surface area is 119 Å². The Morgan fingerprint density at radius 3 is 2.55 bits per heavy atom. The largest absolute Gasteiger partial charge is 0.393 e. The lowest BCUT2D eigenvalue weighted by molar-refractivity contribution is -0.128. The summed E-state index contributed by atoms with van der Waals surface area (Å²) >= 11 is 0. The summed E-state index contributed by atoms with van der Waals surface area (Å²) in [7, 11) is 0. The van der Waals surface area contributed by atoms with E-state index in [0.29, 0.717) is 19.0 Å². The summed E-state index contributed by atoms with van der Waals surface area (Å²) in [6.45, 7) is 1.43. The van der Waals surface area contributed by atoms with Gasteiger partial charge in [0.25, 0.3) is 0 Å². The highest BCUT2D eigenvalue weighted by molar-refractivity contribution is 5.80. The van der Waals surface area contributed by atoms with Crippen LogP contribution in [0.3, 0.4) is 0 Å². The quantitative estimate of drug-likeness (QED) is 0.795. The van der Waals surface area contributed by atoms with Crippen molar-refractivity contribution in [2.75, 3.05) is 13.1 Å². The van der Waals surface area contributed by atoms with Crippen LogP contribution in [0.4, 0.5) is 0 Å². The molecule has 2 N–H and O–H groups in total. The van der Waals surface area contributed by atoms with Crippen LogP contribution in [0.1, 0.15) is 44.9 Å². The van der Waals surface area contributed by atoms with Gasteiger partial charge >= 0.3 is 0 Å². The van der Waals surface area contributed by atoms with Gasteiger partial charge in [0.05, 0.1) is 6.10 Å². The molecule has 1 heterocycles. The van der Waals surface area contributed by atoms with Gasteiger partial charge < -0.3 is 15.3 Å². The van der Waals surface area contributed by atoms with E-state index in [1.807, 2.05) is 4.90 Å². The number of carbonyl (C=O) groups is 2. The number of nitrogens with zero attached hydrogens (tertiary/aromatic N) is 1. The fourth-order valence-electron chi connectivity index (χ4n) is 3.41. The van der Waals surface area contributed by atoms with E-state index in [-0.39, 0.29) is 29.8 Å². The first-order chi connectivity index (χ1) is 9.63. The van der Waals surface area contributed by atoms with Gasteiger partial charge in [0.1, 0.15) is 0 Å². The van der Waals surface area contributed by atoms with Crippen molar-refractivity contribution in [2.45, 2.75) is 57.1 Å². The summed E-state index contributed by atoms with van der Waals surface area (Å²) in [5.41, 5.74) is 0. The fourth-order valence-corrected chi connectivity index (χ4v) is 3.41. The van der Waals surface area contributed by atoms with Gasteiger partial charge in [-0.3, -0.25) is 9.59 Å². The second kappa shape index (κ2) is 5.72. The third-order valence-electron chi connectivity index (χ3n) is 4.86. The number of nitrogens with one attached hydrogen (secondary N) is 1. The monoisotopic (exact) mass is 280 g/mol. The van der Waals surface area contributed by atoms with Crippen molar-refractivity contribution in [3.8, 4) is 0 Å². The van der Waals surface area contributed by atoms with E-state index in [1.54, 1.807) is 0 Å². The molecule has 1 saturated heterocycles. The Morgan fingerprint density at radius 1 is 1.20 bits per heavy atom. The van der Waals surface area contributed by atoms with Crippen LogP contribution in [0.2, 0.25) is 0 Å². The topological polar surface area (TPSA) is 69.6 Å². The molecule has 2 amide bonds. The van der Waals surface area contributed by atoms with Gasteiger partial charge in [-0.25, -0.2) is 0 Å². The van der Waals surface area contributed by atoms with Gasteiger partial charge in [0.2, 0.25) is 11.8 Å². The van der Waals surface area contributed by atoms with Crippen LogP contribution in [0, 0.1) is 11.8 Å². The molecule has 0 aromatic carbocycles. The van der Waals surface area contributed by atoms with E-state index in [1.165, 1.54) is 0 Å². The van der Waals surface area contributed by atoms with E-state index in [0.717, 1.165) is 45.1 Å². The zero-order chi connectivity index (χ0) is 14.1. The molecular formula is C15H24N2O3. The predicted molar refractivity (Wildman–Crippen MR) is 73.8 cm³/mol. The van der Waals surface area contributed by atoms with Crippen molar-refractivity contribution in [3.05, 3.63) is 0 Å². The lowest BCUT2D eigenvalue weighted by Gasteiger charge is -2.25. The van der Waals surface area contributed by atoms with E-state index in [2.05, 4.69) is 5.32 Å². The predicted octanol–water partition coefficient (Wildman–Crippen LogP) is 0.665. The summed E-state index contributed by atoms with van der Waals surface area (Å²) in [6, 6.07) is 0.489. The first-order valence-corrected chi connectivity index (χ1v) is 7.88. The normalized spacial score (nSPS) is 34.4. The number of rotatable bonds is 4. The number of hydrogen-bond donors (Lipinski definition) is 2. The van der Waals surface area contributed by atoms with Crippen molar-refractivity contribution in [2.24, 2.45) is 11.8 Å². The highest BCUT2D eigenvalue weighted by atomic mass is 16.3. The maximum atomic E-state index is 12.1. The molecule has 20 heavy (non-hydrogen) atoms. The average Bonchev–Trinajstić information content (AvgIpc) is 3.21. The highest BCUT2D eigenvalue weighted by Gasteiger charge is 2.39. The summed E-state index contributed by atoms with van der Waals surface area (Å²) in [6.07, 6.45) is 5.68. The van der Waals surface area contributed by atoms with Crippen molar-refractivity contribution in [1.82, 2.24) is 10.2 Å². The molecular weight excluding hydrogens is 256 g/mol. The minimum absolute atomic E-state index is 0.0510. The van der Waals surface area contributed by atoms with Gasteiger partial charge in [-0.05, 0) is 38.5 Å². The molecule has 0 unspecified atom stereocenters. The summed E-state index contributed by atoms with van der Waals surface area (Å²) < 4.78 is 0. The molecule has 3 aliphatic rings. The standard InChI is InChI=1S/C15H24N2O3/c18-13-5-1-11(2-6-13)15(20)16-8-10-7-14(19)17(9-10)12-3-4-12/h10-13,18H,1-9H2,(H,16,20)/t10-,11?,13?/m0/s1. The molecule has 0 aromatic rings. The Hall–Kier alpha value is -1.10. The molecule has 112 valence electrons. The third-order valence-corrected chi connectivity index (χ3v) is 4.86. The molecule has 0 radical (unpaired) electrons. The zero-order valence-electron chi connectivity index (χ0n) is 11.9. The number of amides is 2. The van der Waals surface area contributed by atoms with Crippen LogP contribution in [0.5, 0.6) is 0 Å². The summed E-state index contributed by atoms with van der Waals surface area (Å²) in [4.78, 5) is 25.9. The van der Waals surface area contributed by atoms with Crippen LogP contribution >= 0.6 is 0 Å². The first kappa shape index (κ1) is 13.9. The van der Waals surface area contributed by atoms with E-state index >= 15 is 0 Å². The highest BCUT2D eigenvalue weighted by Crippen LogP contribution is 2.32. The van der Waals surface area contributed by atoms with E-state index < -0.39 is 0 Å². The van der Waals surface area contributed by atoms with Crippen LogP contribution in [0.25, 0.3) is 0 Å². The molecule has 3 rings (SSSR count). The van der Waals surface area contributed by atoms with Crippen molar-refractivity contribution in [3.63, 3.8) is 0 Å². The Kier molecular flexibility index (Phi) is 3.96. The molecule has 3 fully saturated rings. The lowest BCUT2D eigenvalue weighted by Crippen LogP contribution is -2.37. The number of aliphatic hydroxyl groups is 1. The minimum atomic E-state index is -0.224. The van der Waals surface area contributed by atoms with Gasteiger partial charge in [-0.1, -0.05) is 0 Å². The molecule has 1 atom stereocenters. The lowest BCUT2D eigenvalue weighted by atomic mass is 9.87. The van der Waals surface area contributed by atoms with Gasteiger partial charge in [-0.15, -0.1) is 0 Å². The van der Waals surface area contributed by atoms with Crippen molar-refractivity contribution < 1.29 is 14.7 Å². The summed E-state index contributed by atoms with van der Waals surface area (Å²) in [5, 5.41) is 12.5. The number of likely N-dealkylation sites (tertiary alicyclic amines) is 1. The molecule has 2 aliphatic carbocycles. The first-order valence-electron chi connectivity index (χ1n) is 7.88. The maximum Gasteiger partial charge on any atom is 0.223 e. The molecule has 2 saturated carbocycles. The fraction of sp³-hybridized carbons (Fsp3) is 0.867. The molecule has 0 spiro atoms. The van der Waals surface area contributed by atoms with Gasteiger partial charge in [-0.2, -0.15) is 0 Å². The molecule has 1 aliphatic heterocycles. The number of carbonyl (C=O) groups excluding carboxylic acids is 2. The molecule has 0 aromatic heterocycles. The molecule has 5 heteroatoms. The Bertz CT molecular complexity index is 387. The minimum Gasteiger partial charge on any atom is -0.393 e. The molecule has 5 nitrogen and oxygen atoms in total. The van der Waals surface area contributed by atoms with Crippen molar-refractivity contribution >= 4 is 11.8 Å². The van der Waals surface area contributed by atoms with Crippen LogP contribution in [-0.2, 0) is 9.59 Å².